The molecule has 2 heterocycles. The van der Waals surface area contributed by atoms with Gasteiger partial charge in [0.1, 0.15) is 17.2 Å². The Balaban J connectivity index is 1.56. The SMILES string of the molecule is CCOc1ccc(-c2nn(-c3ccccc3)cc2C=C2Oc3ccc(C(=O)OC)cc3C2=O)cc1. The van der Waals surface area contributed by atoms with Crippen LogP contribution in [0.25, 0.3) is 23.0 Å². The molecule has 0 fully saturated rings. The zero-order valence-corrected chi connectivity index (χ0v) is 19.2. The average Bonchev–Trinajstić information content (AvgIpc) is 3.46. The Hall–Kier alpha value is -4.65. The first-order chi connectivity index (χ1) is 17.1. The van der Waals surface area contributed by atoms with Crippen molar-refractivity contribution in [1.82, 2.24) is 9.78 Å². The van der Waals surface area contributed by atoms with Crippen LogP contribution < -0.4 is 9.47 Å². The van der Waals surface area contributed by atoms with E-state index >= 15 is 0 Å². The van der Waals surface area contributed by atoms with E-state index < -0.39 is 5.97 Å². The van der Waals surface area contributed by atoms with Crippen LogP contribution in [-0.4, -0.2) is 35.2 Å². The monoisotopic (exact) mass is 466 g/mol. The lowest BCUT2D eigenvalue weighted by Crippen LogP contribution is -2.03. The van der Waals surface area contributed by atoms with Crippen LogP contribution in [0.2, 0.25) is 0 Å². The Morgan fingerprint density at radius 2 is 1.83 bits per heavy atom. The van der Waals surface area contributed by atoms with Crippen molar-refractivity contribution < 1.29 is 23.8 Å². The molecule has 3 aromatic carbocycles. The maximum absolute atomic E-state index is 13.1. The molecule has 4 aromatic rings. The van der Waals surface area contributed by atoms with E-state index in [2.05, 4.69) is 0 Å². The molecule has 0 unspecified atom stereocenters. The Labute approximate surface area is 202 Å². The largest absolute Gasteiger partial charge is 0.494 e. The third-order valence-corrected chi connectivity index (χ3v) is 5.58. The Morgan fingerprint density at radius 3 is 2.54 bits per heavy atom. The summed E-state index contributed by atoms with van der Waals surface area (Å²) in [7, 11) is 1.30. The van der Waals surface area contributed by atoms with Crippen LogP contribution in [-0.2, 0) is 4.74 Å². The van der Waals surface area contributed by atoms with E-state index in [9.17, 15) is 9.59 Å². The van der Waals surface area contributed by atoms with Crippen LogP contribution >= 0.6 is 0 Å². The van der Waals surface area contributed by atoms with Gasteiger partial charge in [-0.2, -0.15) is 5.10 Å². The van der Waals surface area contributed by atoms with Gasteiger partial charge in [0.05, 0.1) is 30.5 Å². The van der Waals surface area contributed by atoms with Crippen molar-refractivity contribution in [3.63, 3.8) is 0 Å². The highest BCUT2D eigenvalue weighted by Gasteiger charge is 2.29. The predicted molar refractivity (Wildman–Crippen MR) is 131 cm³/mol. The molecule has 7 heteroatoms. The second-order valence-electron chi connectivity index (χ2n) is 7.81. The van der Waals surface area contributed by atoms with E-state index in [4.69, 9.17) is 19.3 Å². The molecule has 35 heavy (non-hydrogen) atoms. The first-order valence-corrected chi connectivity index (χ1v) is 11.1. The lowest BCUT2D eigenvalue weighted by atomic mass is 10.0. The minimum Gasteiger partial charge on any atom is -0.494 e. The summed E-state index contributed by atoms with van der Waals surface area (Å²) in [6.45, 7) is 2.52. The van der Waals surface area contributed by atoms with Gasteiger partial charge < -0.3 is 14.2 Å². The zero-order chi connectivity index (χ0) is 24.4. The third kappa shape index (κ3) is 4.31. The fraction of sp³-hybridized carbons (Fsp3) is 0.107. The Morgan fingerprint density at radius 1 is 1.06 bits per heavy atom. The number of rotatable bonds is 6. The summed E-state index contributed by atoms with van der Waals surface area (Å²) in [6, 6.07) is 22.0. The number of aromatic nitrogens is 2. The first-order valence-electron chi connectivity index (χ1n) is 11.1. The normalized spacial score (nSPS) is 13.4. The maximum Gasteiger partial charge on any atom is 0.337 e. The molecule has 0 saturated carbocycles. The molecular formula is C28H22N2O5. The number of ether oxygens (including phenoxy) is 3. The van der Waals surface area contributed by atoms with Gasteiger partial charge in [-0.15, -0.1) is 0 Å². The van der Waals surface area contributed by atoms with E-state index in [0.29, 0.717) is 29.2 Å². The van der Waals surface area contributed by atoms with Gasteiger partial charge in [0, 0.05) is 17.3 Å². The second kappa shape index (κ2) is 9.30. The molecule has 5 rings (SSSR count). The van der Waals surface area contributed by atoms with E-state index in [1.807, 2.05) is 67.7 Å². The van der Waals surface area contributed by atoms with Crippen molar-refractivity contribution in [3.05, 3.63) is 101 Å². The van der Waals surface area contributed by atoms with Crippen LogP contribution in [0.15, 0.2) is 84.8 Å². The summed E-state index contributed by atoms with van der Waals surface area (Å²) in [5, 5.41) is 4.79. The number of methoxy groups -OCH3 is 1. The summed E-state index contributed by atoms with van der Waals surface area (Å²) >= 11 is 0. The highest BCUT2D eigenvalue weighted by atomic mass is 16.5. The number of carbonyl (C=O) groups is 2. The fourth-order valence-corrected chi connectivity index (χ4v) is 3.88. The molecule has 0 aliphatic carbocycles. The average molecular weight is 466 g/mol. The lowest BCUT2D eigenvalue weighted by Gasteiger charge is -2.04. The van der Waals surface area contributed by atoms with Crippen LogP contribution in [0.4, 0.5) is 0 Å². The van der Waals surface area contributed by atoms with Gasteiger partial charge in [-0.05, 0) is 67.6 Å². The van der Waals surface area contributed by atoms with Crippen molar-refractivity contribution in [2.75, 3.05) is 13.7 Å². The van der Waals surface area contributed by atoms with Crippen LogP contribution in [0.3, 0.4) is 0 Å². The molecule has 0 saturated heterocycles. The van der Waals surface area contributed by atoms with E-state index in [0.717, 1.165) is 17.0 Å². The number of hydrogen-bond donors (Lipinski definition) is 0. The molecule has 7 nitrogen and oxygen atoms in total. The van der Waals surface area contributed by atoms with Crippen molar-refractivity contribution >= 4 is 17.8 Å². The smallest absolute Gasteiger partial charge is 0.337 e. The summed E-state index contributed by atoms with van der Waals surface area (Å²) in [4.78, 5) is 25.0. The minimum absolute atomic E-state index is 0.154. The van der Waals surface area contributed by atoms with E-state index in [-0.39, 0.29) is 17.1 Å². The van der Waals surface area contributed by atoms with Crippen molar-refractivity contribution in [2.45, 2.75) is 6.92 Å². The van der Waals surface area contributed by atoms with Gasteiger partial charge in [0.25, 0.3) is 0 Å². The summed E-state index contributed by atoms with van der Waals surface area (Å²) in [5.41, 5.74) is 3.75. The van der Waals surface area contributed by atoms with Gasteiger partial charge in [-0.25, -0.2) is 9.48 Å². The summed E-state index contributed by atoms with van der Waals surface area (Å²) in [6.07, 6.45) is 3.53. The Kier molecular flexibility index (Phi) is 5.89. The maximum atomic E-state index is 13.1. The number of carbonyl (C=O) groups excluding carboxylic acids is 2. The molecule has 0 bridgehead atoms. The number of benzene rings is 3. The van der Waals surface area contributed by atoms with E-state index in [1.54, 1.807) is 22.9 Å². The van der Waals surface area contributed by atoms with Gasteiger partial charge >= 0.3 is 5.97 Å². The molecule has 0 radical (unpaired) electrons. The van der Waals surface area contributed by atoms with Gasteiger partial charge in [0.2, 0.25) is 5.78 Å². The number of esters is 1. The Bertz CT molecular complexity index is 1440. The minimum atomic E-state index is -0.514. The number of nitrogens with zero attached hydrogens (tertiary/aromatic N) is 2. The molecule has 1 aromatic heterocycles. The van der Waals surface area contributed by atoms with Gasteiger partial charge in [-0.3, -0.25) is 4.79 Å². The highest BCUT2D eigenvalue weighted by Crippen LogP contribution is 2.34. The topological polar surface area (TPSA) is 79.7 Å². The number of ketones is 1. The quantitative estimate of drug-likeness (QED) is 0.282. The summed E-state index contributed by atoms with van der Waals surface area (Å²) in [5.74, 6) is 0.495. The third-order valence-electron chi connectivity index (χ3n) is 5.58. The van der Waals surface area contributed by atoms with Gasteiger partial charge in [0.15, 0.2) is 5.76 Å². The van der Waals surface area contributed by atoms with Crippen LogP contribution in [0.5, 0.6) is 11.5 Å². The van der Waals surface area contributed by atoms with Crippen molar-refractivity contribution in [2.24, 2.45) is 0 Å². The van der Waals surface area contributed by atoms with Crippen LogP contribution in [0, 0.1) is 0 Å². The predicted octanol–water partition coefficient (Wildman–Crippen LogP) is 5.34. The first kappa shape index (κ1) is 22.2. The molecule has 0 atom stereocenters. The van der Waals surface area contributed by atoms with Crippen molar-refractivity contribution in [1.29, 1.82) is 0 Å². The fourth-order valence-electron chi connectivity index (χ4n) is 3.88. The number of hydrogen-bond acceptors (Lipinski definition) is 6. The molecular weight excluding hydrogens is 444 g/mol. The number of allylic oxidation sites excluding steroid dienone is 1. The number of fused-ring (bicyclic) bond motifs is 1. The van der Waals surface area contributed by atoms with E-state index in [1.165, 1.54) is 13.2 Å². The second-order valence-corrected chi connectivity index (χ2v) is 7.81. The highest BCUT2D eigenvalue weighted by molar-refractivity contribution is 6.15. The molecule has 0 amide bonds. The standard InChI is InChI=1S/C28H22N2O5/c1-3-34-22-12-9-18(10-13-22)26-20(17-30(29-26)21-7-5-4-6-8-21)16-25-27(31)23-15-19(28(32)33-2)11-14-24(23)35-25/h4-17H,3H2,1-2H3. The summed E-state index contributed by atoms with van der Waals surface area (Å²) < 4.78 is 17.9. The molecule has 0 spiro atoms. The number of Topliss-reactive ketones (excluding diaryl/α,β-unsaturated/α-hetero) is 1. The zero-order valence-electron chi connectivity index (χ0n) is 19.2. The molecule has 0 N–H and O–H groups in total. The van der Waals surface area contributed by atoms with Gasteiger partial charge in [-0.1, -0.05) is 18.2 Å². The molecule has 174 valence electrons. The van der Waals surface area contributed by atoms with Crippen molar-refractivity contribution in [3.8, 4) is 28.4 Å². The molecule has 1 aliphatic rings. The number of para-hydroxylation sites is 1. The molecule has 1 aliphatic heterocycles. The lowest BCUT2D eigenvalue weighted by molar-refractivity contribution is 0.0600. The van der Waals surface area contributed by atoms with Crippen LogP contribution in [0.1, 0.15) is 33.2 Å².